The topological polar surface area (TPSA) is 223 Å². The number of ketones is 3. The van der Waals surface area contributed by atoms with Crippen molar-refractivity contribution in [1.29, 1.82) is 0 Å². The van der Waals surface area contributed by atoms with Crippen LogP contribution in [0, 0.1) is 11.8 Å². The maximum absolute atomic E-state index is 14.2. The Labute approximate surface area is 274 Å². The van der Waals surface area contributed by atoms with E-state index in [1.54, 1.807) is 33.1 Å². The second-order valence-electron chi connectivity index (χ2n) is 12.3. The molecule has 0 spiro atoms. The lowest BCUT2D eigenvalue weighted by molar-refractivity contribution is -0.148. The van der Waals surface area contributed by atoms with Crippen LogP contribution in [0.1, 0.15) is 39.6 Å². The zero-order valence-electron chi connectivity index (χ0n) is 26.1. The molecule has 5 rings (SSSR count). The lowest BCUT2D eigenvalue weighted by Crippen LogP contribution is -2.63. The van der Waals surface area contributed by atoms with Crippen molar-refractivity contribution in [3.05, 3.63) is 68.6 Å². The Hall–Kier alpha value is -4.92. The number of allylic oxidation sites excluding steroid dienone is 1. The smallest absolute Gasteiger partial charge is 0.323 e. The van der Waals surface area contributed by atoms with Crippen molar-refractivity contribution in [3.8, 4) is 5.75 Å². The maximum atomic E-state index is 14.2. The summed E-state index contributed by atoms with van der Waals surface area (Å²) in [5.41, 5.74) is 2.02. The first-order chi connectivity index (χ1) is 21.9. The quantitative estimate of drug-likeness (QED) is 0.135. The van der Waals surface area contributed by atoms with E-state index in [1.165, 1.54) is 36.1 Å². The molecule has 0 bridgehead atoms. The number of urea groups is 1. The summed E-state index contributed by atoms with van der Waals surface area (Å²) in [6.45, 7) is 1.30. The molecule has 8 N–H and O–H groups in total. The van der Waals surface area contributed by atoms with Crippen LogP contribution in [0.2, 0.25) is 5.02 Å². The van der Waals surface area contributed by atoms with E-state index in [0.29, 0.717) is 11.3 Å². The van der Waals surface area contributed by atoms with Crippen molar-refractivity contribution in [1.82, 2.24) is 4.90 Å². The number of nitrogens with two attached hydrogens (primary N) is 1. The number of fused-ring (bicyclic) bond motifs is 3. The van der Waals surface area contributed by atoms with Gasteiger partial charge in [0.25, 0.3) is 5.91 Å². The number of aromatic hydroxyl groups is 1. The molecule has 0 unspecified atom stereocenters. The van der Waals surface area contributed by atoms with Crippen LogP contribution >= 0.6 is 11.6 Å². The minimum atomic E-state index is -2.78. The molecule has 248 valence electrons. The number of hydrogen-bond acceptors (Lipinski definition) is 11. The average Bonchev–Trinajstić information content (AvgIpc) is 2.96. The summed E-state index contributed by atoms with van der Waals surface area (Å²) >= 11 is 6.00. The van der Waals surface area contributed by atoms with Crippen molar-refractivity contribution in [2.75, 3.05) is 43.7 Å². The number of primary amides is 1. The normalized spacial score (nSPS) is 23.6. The molecule has 0 heterocycles. The second-order valence-corrected chi connectivity index (χ2v) is 12.8. The molecule has 4 atom stereocenters. The number of carbonyl (C=O) groups is 5. The number of aliphatic hydroxyl groups is 3. The first-order valence-electron chi connectivity index (χ1n) is 14.5. The monoisotopic (exact) mass is 667 g/mol. The number of nitrogens with one attached hydrogen (secondary N) is 2. The van der Waals surface area contributed by atoms with Crippen LogP contribution in [-0.2, 0) is 16.0 Å². The molecule has 14 nitrogen and oxygen atoms in total. The minimum absolute atomic E-state index is 0.0643. The van der Waals surface area contributed by atoms with Crippen molar-refractivity contribution in [2.24, 2.45) is 17.6 Å². The van der Waals surface area contributed by atoms with Gasteiger partial charge in [0.15, 0.2) is 22.9 Å². The van der Waals surface area contributed by atoms with E-state index in [2.05, 4.69) is 10.6 Å². The third-order valence-electron chi connectivity index (χ3n) is 9.04. The van der Waals surface area contributed by atoms with E-state index < -0.39 is 69.8 Å². The Balaban J connectivity index is 1.61. The van der Waals surface area contributed by atoms with Gasteiger partial charge in [-0.2, -0.15) is 0 Å². The zero-order chi connectivity index (χ0) is 34.9. The van der Waals surface area contributed by atoms with Gasteiger partial charge >= 0.3 is 6.03 Å². The number of benzene rings is 2. The van der Waals surface area contributed by atoms with Gasteiger partial charge in [0.1, 0.15) is 17.1 Å². The van der Waals surface area contributed by atoms with Crippen LogP contribution in [0.25, 0.3) is 0 Å². The Bertz CT molecular complexity index is 1850. The number of amides is 3. The van der Waals surface area contributed by atoms with Crippen LogP contribution < -0.4 is 21.3 Å². The van der Waals surface area contributed by atoms with Crippen LogP contribution in [0.5, 0.6) is 5.75 Å². The van der Waals surface area contributed by atoms with Crippen LogP contribution in [0.3, 0.4) is 0 Å². The van der Waals surface area contributed by atoms with Gasteiger partial charge in [-0.1, -0.05) is 11.6 Å². The second kappa shape index (κ2) is 11.7. The first-order valence-corrected chi connectivity index (χ1v) is 14.9. The summed E-state index contributed by atoms with van der Waals surface area (Å²) in [7, 11) is 6.47. The number of hydrogen-bond donors (Lipinski definition) is 7. The van der Waals surface area contributed by atoms with Crippen molar-refractivity contribution in [3.63, 3.8) is 0 Å². The molecule has 3 aliphatic rings. The predicted octanol–water partition coefficient (Wildman–Crippen LogP) is 2.69. The largest absolute Gasteiger partial charge is 0.510 e. The van der Waals surface area contributed by atoms with Crippen molar-refractivity contribution < 1.29 is 44.4 Å². The lowest BCUT2D eigenvalue weighted by Gasteiger charge is -2.50. The molecular formula is C32H34ClN5O9. The van der Waals surface area contributed by atoms with E-state index in [4.69, 9.17) is 17.3 Å². The van der Waals surface area contributed by atoms with E-state index in [9.17, 15) is 44.4 Å². The van der Waals surface area contributed by atoms with Gasteiger partial charge in [-0.25, -0.2) is 4.79 Å². The molecule has 47 heavy (non-hydrogen) atoms. The highest BCUT2D eigenvalue weighted by Crippen LogP contribution is 2.54. The fourth-order valence-electron chi connectivity index (χ4n) is 6.99. The maximum Gasteiger partial charge on any atom is 0.323 e. The number of halogens is 1. The summed E-state index contributed by atoms with van der Waals surface area (Å²) in [6, 6.07) is 3.78. The molecule has 2 aromatic rings. The molecular weight excluding hydrogens is 634 g/mol. The molecule has 3 aliphatic carbocycles. The molecule has 0 radical (unpaired) electrons. The highest BCUT2D eigenvalue weighted by Gasteiger charge is 2.63. The minimum Gasteiger partial charge on any atom is -0.510 e. The SMILES string of the molecule is CC(=O)c1cc(Cl)ccc1NC(=O)Nc1cc(N(C)C)c2c(c1O)C(=O)C1=C(O)[C@]3(O)C(=O)C(C(N)=O)=C(O)[C@@H](N(C)C)[C@@H]3C[C@@H]1C2. The van der Waals surface area contributed by atoms with Gasteiger partial charge in [0.2, 0.25) is 5.78 Å². The Morgan fingerprint density at radius 2 is 1.66 bits per heavy atom. The molecule has 15 heteroatoms. The number of rotatable bonds is 6. The molecule has 0 aliphatic heterocycles. The Morgan fingerprint density at radius 1 is 1.02 bits per heavy atom. The van der Waals surface area contributed by atoms with E-state index >= 15 is 0 Å². The fourth-order valence-corrected chi connectivity index (χ4v) is 7.16. The van der Waals surface area contributed by atoms with Crippen LogP contribution in [-0.4, -0.2) is 94.4 Å². The summed E-state index contributed by atoms with van der Waals surface area (Å²) in [5.74, 6) is -8.16. The summed E-state index contributed by atoms with van der Waals surface area (Å²) < 4.78 is 0. The van der Waals surface area contributed by atoms with Gasteiger partial charge in [-0.3, -0.25) is 24.1 Å². The van der Waals surface area contributed by atoms with Gasteiger partial charge in [-0.05, 0) is 69.6 Å². The van der Waals surface area contributed by atoms with Crippen LogP contribution in [0.4, 0.5) is 21.9 Å². The van der Waals surface area contributed by atoms with Gasteiger partial charge in [0.05, 0.1) is 23.0 Å². The van der Waals surface area contributed by atoms with Crippen molar-refractivity contribution in [2.45, 2.75) is 31.4 Å². The fraction of sp³-hybridized carbons (Fsp3) is 0.344. The molecule has 2 aromatic carbocycles. The summed E-state index contributed by atoms with van der Waals surface area (Å²) in [6.07, 6.45) is -0.00376. The first kappa shape index (κ1) is 33.4. The van der Waals surface area contributed by atoms with Crippen molar-refractivity contribution >= 4 is 58.0 Å². The standard InChI is InChI=1S/C32H34ClN5O9/c1-12(39)15-10-14(33)6-7-18(15)35-31(46)36-19-11-20(37(2)3)16-8-13-9-17-24(38(4)5)27(42)23(30(34)45)29(44)32(17,47)28(43)21(13)26(41)22(16)25(19)40/h6-7,10-11,13,17,24,40,42-43,47H,8-9H2,1-5H3,(H2,34,45)(H2,35,36,46)/t13-,17-,24-,32-/m0/s1. The number of anilines is 3. The third kappa shape index (κ3) is 5.18. The summed E-state index contributed by atoms with van der Waals surface area (Å²) in [4.78, 5) is 68.3. The number of carbonyl (C=O) groups excluding carboxylic acids is 5. The number of Topliss-reactive ketones (excluding diaryl/α,β-unsaturated/α-hetero) is 3. The van der Waals surface area contributed by atoms with Gasteiger partial charge in [-0.15, -0.1) is 0 Å². The Kier molecular flexibility index (Phi) is 8.33. The number of phenolic OH excluding ortho intramolecular Hbond substituents is 1. The third-order valence-corrected chi connectivity index (χ3v) is 9.27. The number of likely N-dealkylation sites (N-methyl/N-ethyl adjacent to an activating group) is 1. The average molecular weight is 668 g/mol. The predicted molar refractivity (Wildman–Crippen MR) is 172 cm³/mol. The Morgan fingerprint density at radius 3 is 2.23 bits per heavy atom. The molecule has 3 amide bonds. The lowest BCUT2D eigenvalue weighted by atomic mass is 9.58. The van der Waals surface area contributed by atoms with E-state index in [1.807, 2.05) is 0 Å². The highest BCUT2D eigenvalue weighted by molar-refractivity contribution is 6.31. The number of aliphatic hydroxyl groups excluding tert-OH is 2. The summed E-state index contributed by atoms with van der Waals surface area (Å²) in [5, 5.41) is 51.0. The van der Waals surface area contributed by atoms with Gasteiger partial charge in [0, 0.05) is 41.9 Å². The van der Waals surface area contributed by atoms with E-state index in [-0.39, 0.29) is 51.7 Å². The number of phenols is 1. The number of nitrogens with zero attached hydrogens (tertiary/aromatic N) is 2. The molecule has 0 aromatic heterocycles. The zero-order valence-corrected chi connectivity index (χ0v) is 26.9. The van der Waals surface area contributed by atoms with Crippen LogP contribution in [0.15, 0.2) is 46.9 Å². The van der Waals surface area contributed by atoms with E-state index in [0.717, 1.165) is 0 Å². The highest BCUT2D eigenvalue weighted by atomic mass is 35.5. The van der Waals surface area contributed by atoms with Gasteiger partial charge < -0.3 is 41.7 Å². The molecule has 0 saturated heterocycles. The molecule has 0 fully saturated rings. The molecule has 0 saturated carbocycles.